The highest BCUT2D eigenvalue weighted by Gasteiger charge is 2.58. The Bertz CT molecular complexity index is 1050. The number of nitrogens with two attached hydrogens (primary N) is 1. The summed E-state index contributed by atoms with van der Waals surface area (Å²) < 4.78 is 0.840. The van der Waals surface area contributed by atoms with E-state index in [0.29, 0.717) is 29.7 Å². The number of rotatable bonds is 5. The van der Waals surface area contributed by atoms with Crippen molar-refractivity contribution in [2.75, 3.05) is 19.4 Å². The minimum Gasteiger partial charge on any atom is -0.480 e. The number of primary amides is 1. The summed E-state index contributed by atoms with van der Waals surface area (Å²) in [5.74, 6) is -2.09. The number of nitrogens with one attached hydrogen (secondary N) is 2. The van der Waals surface area contributed by atoms with Crippen LogP contribution in [0.3, 0.4) is 0 Å². The molecule has 9 heteroatoms. The fraction of sp³-hybridized carbons (Fsp3) is 0.409. The lowest BCUT2D eigenvalue weighted by atomic mass is 9.76. The number of aliphatic carboxylic acids is 1. The van der Waals surface area contributed by atoms with Crippen molar-refractivity contribution >= 4 is 45.0 Å². The predicted octanol–water partition coefficient (Wildman–Crippen LogP) is 1.87. The summed E-state index contributed by atoms with van der Waals surface area (Å²) in [7, 11) is 3.30. The van der Waals surface area contributed by atoms with Gasteiger partial charge < -0.3 is 16.2 Å². The molecule has 5 N–H and O–H groups in total. The third-order valence-electron chi connectivity index (χ3n) is 6.38. The molecule has 2 heterocycles. The van der Waals surface area contributed by atoms with E-state index < -0.39 is 29.5 Å². The van der Waals surface area contributed by atoms with Crippen molar-refractivity contribution in [2.24, 2.45) is 5.73 Å². The SMILES string of the molecule is CN(C)C(C(N)=O)C1(C(=O)O)NC(C=C2C(=O)Nc3ccc(Br)cc32)C2=C1CCCC2. The van der Waals surface area contributed by atoms with Crippen LogP contribution in [0, 0.1) is 0 Å². The summed E-state index contributed by atoms with van der Waals surface area (Å²) >= 11 is 3.44. The molecule has 3 aliphatic rings. The summed E-state index contributed by atoms with van der Waals surface area (Å²) in [5, 5.41) is 16.4. The number of fused-ring (bicyclic) bond motifs is 1. The zero-order valence-corrected chi connectivity index (χ0v) is 19.0. The Hall–Kier alpha value is -2.49. The Morgan fingerprint density at radius 2 is 2.03 bits per heavy atom. The van der Waals surface area contributed by atoms with Crippen LogP contribution in [0.2, 0.25) is 0 Å². The number of hydrogen-bond donors (Lipinski definition) is 4. The minimum atomic E-state index is -1.64. The standard InChI is InChI=1S/C22H25BrN4O4/c1-27(2)18(19(24)28)22(21(30)31)15-6-4-3-5-12(15)17(26-22)10-14-13-9-11(23)7-8-16(13)25-20(14)29/h7-10,17-18,26H,3-6H2,1-2H3,(H2,24,28)(H,25,29)(H,30,31). The summed E-state index contributed by atoms with van der Waals surface area (Å²) in [6, 6.07) is 3.97. The van der Waals surface area contributed by atoms with E-state index in [1.807, 2.05) is 18.2 Å². The van der Waals surface area contributed by atoms with Gasteiger partial charge in [-0.05, 0) is 75.2 Å². The van der Waals surface area contributed by atoms with Crippen molar-refractivity contribution < 1.29 is 19.5 Å². The third kappa shape index (κ3) is 3.40. The molecular weight excluding hydrogens is 464 g/mol. The second-order valence-corrected chi connectivity index (χ2v) is 9.35. The molecule has 3 unspecified atom stereocenters. The number of nitrogens with zero attached hydrogens (tertiary/aromatic N) is 1. The Morgan fingerprint density at radius 1 is 1.32 bits per heavy atom. The van der Waals surface area contributed by atoms with E-state index in [1.54, 1.807) is 25.1 Å². The second kappa shape index (κ2) is 7.89. The molecule has 4 rings (SSSR count). The van der Waals surface area contributed by atoms with Crippen LogP contribution in [0.1, 0.15) is 31.2 Å². The second-order valence-electron chi connectivity index (χ2n) is 8.44. The number of benzene rings is 1. The number of anilines is 1. The summed E-state index contributed by atoms with van der Waals surface area (Å²) in [6.07, 6.45) is 4.83. The summed E-state index contributed by atoms with van der Waals surface area (Å²) in [5.41, 5.74) is 7.63. The molecule has 0 saturated carbocycles. The first kappa shape index (κ1) is 21.7. The Labute approximate surface area is 188 Å². The lowest BCUT2D eigenvalue weighted by molar-refractivity contribution is -0.148. The first-order valence-electron chi connectivity index (χ1n) is 10.2. The van der Waals surface area contributed by atoms with Crippen LogP contribution in [0.4, 0.5) is 5.69 Å². The maximum Gasteiger partial charge on any atom is 0.330 e. The number of carboxylic acids is 1. The number of likely N-dealkylation sites (N-methyl/N-ethyl adjacent to an activating group) is 1. The van der Waals surface area contributed by atoms with Crippen LogP contribution < -0.4 is 16.4 Å². The molecule has 0 bridgehead atoms. The van der Waals surface area contributed by atoms with Crippen molar-refractivity contribution in [1.29, 1.82) is 0 Å². The average Bonchev–Trinajstić information content (AvgIpc) is 3.18. The van der Waals surface area contributed by atoms with Crippen molar-refractivity contribution in [2.45, 2.75) is 43.3 Å². The monoisotopic (exact) mass is 488 g/mol. The first-order valence-corrected chi connectivity index (χ1v) is 11.0. The van der Waals surface area contributed by atoms with E-state index in [0.717, 1.165) is 28.5 Å². The molecule has 0 spiro atoms. The molecule has 164 valence electrons. The quantitative estimate of drug-likeness (QED) is 0.370. The van der Waals surface area contributed by atoms with Crippen LogP contribution in [-0.4, -0.2) is 59.5 Å². The summed E-state index contributed by atoms with van der Waals surface area (Å²) in [6.45, 7) is 0. The number of amides is 2. The van der Waals surface area contributed by atoms with Gasteiger partial charge in [0.1, 0.15) is 6.04 Å². The largest absolute Gasteiger partial charge is 0.480 e. The normalized spacial score (nSPS) is 27.3. The van der Waals surface area contributed by atoms with Crippen LogP contribution in [0.25, 0.3) is 5.57 Å². The molecule has 0 fully saturated rings. The average molecular weight is 489 g/mol. The molecule has 2 aliphatic heterocycles. The van der Waals surface area contributed by atoms with Crippen molar-refractivity contribution in [3.05, 3.63) is 45.5 Å². The molecule has 0 saturated heterocycles. The molecule has 1 aromatic rings. The van der Waals surface area contributed by atoms with Gasteiger partial charge in [0.2, 0.25) is 5.91 Å². The molecule has 3 atom stereocenters. The van der Waals surface area contributed by atoms with Gasteiger partial charge >= 0.3 is 5.97 Å². The molecule has 31 heavy (non-hydrogen) atoms. The van der Waals surface area contributed by atoms with E-state index in [9.17, 15) is 19.5 Å². The van der Waals surface area contributed by atoms with Gasteiger partial charge in [0.25, 0.3) is 5.91 Å². The number of carboxylic acid groups (broad SMARTS) is 1. The fourth-order valence-corrected chi connectivity index (χ4v) is 5.54. The van der Waals surface area contributed by atoms with Gasteiger partial charge in [0, 0.05) is 27.3 Å². The number of halogens is 1. The molecule has 2 amide bonds. The third-order valence-corrected chi connectivity index (χ3v) is 6.87. The zero-order chi connectivity index (χ0) is 22.5. The van der Waals surface area contributed by atoms with Gasteiger partial charge in [0.15, 0.2) is 5.54 Å². The van der Waals surface area contributed by atoms with E-state index in [-0.39, 0.29) is 5.91 Å². The molecular formula is C22H25BrN4O4. The summed E-state index contributed by atoms with van der Waals surface area (Å²) in [4.78, 5) is 39.3. The fourth-order valence-electron chi connectivity index (χ4n) is 5.18. The molecule has 8 nitrogen and oxygen atoms in total. The highest BCUT2D eigenvalue weighted by Crippen LogP contribution is 2.44. The van der Waals surface area contributed by atoms with Crippen molar-refractivity contribution in [3.63, 3.8) is 0 Å². The van der Waals surface area contributed by atoms with E-state index >= 15 is 0 Å². The molecule has 0 radical (unpaired) electrons. The smallest absolute Gasteiger partial charge is 0.330 e. The van der Waals surface area contributed by atoms with E-state index in [2.05, 4.69) is 26.6 Å². The van der Waals surface area contributed by atoms with Gasteiger partial charge in [-0.3, -0.25) is 19.8 Å². The lowest BCUT2D eigenvalue weighted by Crippen LogP contribution is -2.68. The predicted molar refractivity (Wildman–Crippen MR) is 120 cm³/mol. The van der Waals surface area contributed by atoms with Crippen LogP contribution >= 0.6 is 15.9 Å². The first-order chi connectivity index (χ1) is 14.7. The minimum absolute atomic E-state index is 0.236. The molecule has 1 aromatic carbocycles. The zero-order valence-electron chi connectivity index (χ0n) is 17.4. The van der Waals surface area contributed by atoms with E-state index in [1.165, 1.54) is 0 Å². The van der Waals surface area contributed by atoms with Crippen LogP contribution in [-0.2, 0) is 14.4 Å². The Morgan fingerprint density at radius 3 is 2.68 bits per heavy atom. The maximum absolute atomic E-state index is 12.7. The van der Waals surface area contributed by atoms with Gasteiger partial charge in [0.05, 0.1) is 0 Å². The molecule has 1 aliphatic carbocycles. The van der Waals surface area contributed by atoms with Gasteiger partial charge in [-0.1, -0.05) is 15.9 Å². The van der Waals surface area contributed by atoms with Gasteiger partial charge in [-0.15, -0.1) is 0 Å². The van der Waals surface area contributed by atoms with Gasteiger partial charge in [-0.2, -0.15) is 0 Å². The van der Waals surface area contributed by atoms with Crippen LogP contribution in [0.5, 0.6) is 0 Å². The van der Waals surface area contributed by atoms with E-state index in [4.69, 9.17) is 5.73 Å². The highest BCUT2D eigenvalue weighted by atomic mass is 79.9. The topological polar surface area (TPSA) is 125 Å². The molecule has 0 aromatic heterocycles. The van der Waals surface area contributed by atoms with Crippen LogP contribution in [0.15, 0.2) is 39.9 Å². The number of carbonyl (C=O) groups is 3. The Kier molecular flexibility index (Phi) is 5.53. The number of hydrogen-bond acceptors (Lipinski definition) is 5. The van der Waals surface area contributed by atoms with Gasteiger partial charge in [-0.25, -0.2) is 4.79 Å². The number of carbonyl (C=O) groups excluding carboxylic acids is 2. The van der Waals surface area contributed by atoms with Crippen molar-refractivity contribution in [3.8, 4) is 0 Å². The maximum atomic E-state index is 12.7. The highest BCUT2D eigenvalue weighted by molar-refractivity contribution is 9.10. The Balaban J connectivity index is 1.85. The van der Waals surface area contributed by atoms with Crippen molar-refractivity contribution in [1.82, 2.24) is 10.2 Å². The lowest BCUT2D eigenvalue weighted by Gasteiger charge is -2.39.